The van der Waals surface area contributed by atoms with Crippen LogP contribution in [0.5, 0.6) is 5.75 Å². The predicted molar refractivity (Wildman–Crippen MR) is 113 cm³/mol. The van der Waals surface area contributed by atoms with Gasteiger partial charge in [0.05, 0.1) is 0 Å². The fourth-order valence-corrected chi connectivity index (χ4v) is 3.90. The summed E-state index contributed by atoms with van der Waals surface area (Å²) in [6, 6.07) is 7.17. The van der Waals surface area contributed by atoms with Gasteiger partial charge in [0.25, 0.3) is 0 Å². The number of carbonyl (C=O) groups is 1. The van der Waals surface area contributed by atoms with E-state index in [1.54, 1.807) is 29.2 Å². The molecule has 0 aliphatic heterocycles. The number of rotatable bonds is 9. The summed E-state index contributed by atoms with van der Waals surface area (Å²) in [5.74, 6) is 1.33. The van der Waals surface area contributed by atoms with Gasteiger partial charge in [0.2, 0.25) is 0 Å². The second kappa shape index (κ2) is 11.4. The van der Waals surface area contributed by atoms with E-state index in [0.29, 0.717) is 10.8 Å². The fourth-order valence-electron chi connectivity index (χ4n) is 3.77. The fraction of sp³-hybridized carbons (Fsp3) is 0.591. The Morgan fingerprint density at radius 2 is 1.85 bits per heavy atom. The Labute approximate surface area is 169 Å². The summed E-state index contributed by atoms with van der Waals surface area (Å²) in [6.07, 6.45) is 10.0. The number of nitrogens with zero attached hydrogens (tertiary/aromatic N) is 2. The van der Waals surface area contributed by atoms with Crippen molar-refractivity contribution < 1.29 is 9.53 Å². The van der Waals surface area contributed by atoms with Crippen LogP contribution in [0.15, 0.2) is 36.9 Å². The summed E-state index contributed by atoms with van der Waals surface area (Å²) in [5.41, 5.74) is 0. The quantitative estimate of drug-likeness (QED) is 0.404. The smallest absolute Gasteiger partial charge is 0.410 e. The molecule has 1 aromatic rings. The number of benzene rings is 1. The average molecular weight is 393 g/mol. The molecule has 0 spiro atoms. The predicted octanol–water partition coefficient (Wildman–Crippen LogP) is 5.62. The lowest BCUT2D eigenvalue weighted by Gasteiger charge is -2.34. The molecule has 0 N–H and O–H groups in total. The van der Waals surface area contributed by atoms with Crippen LogP contribution in [-0.2, 0) is 0 Å². The Kier molecular flexibility index (Phi) is 9.16. The summed E-state index contributed by atoms with van der Waals surface area (Å²) in [6.45, 7) is 5.88. The monoisotopic (exact) mass is 392 g/mol. The minimum atomic E-state index is -0.286. The van der Waals surface area contributed by atoms with Crippen LogP contribution in [0, 0.1) is 5.92 Å². The van der Waals surface area contributed by atoms with Gasteiger partial charge in [-0.25, -0.2) is 4.79 Å². The van der Waals surface area contributed by atoms with Crippen LogP contribution in [-0.4, -0.2) is 49.1 Å². The number of likely N-dealkylation sites (N-methyl/N-ethyl adjacent to an activating group) is 1. The first-order valence-electron chi connectivity index (χ1n) is 9.99. The maximum atomic E-state index is 12.4. The third-order valence-electron chi connectivity index (χ3n) is 5.51. The lowest BCUT2D eigenvalue weighted by atomic mass is 9.82. The number of ether oxygens (including phenoxy) is 1. The molecule has 2 rings (SSSR count). The molecule has 5 heteroatoms. The van der Waals surface area contributed by atoms with Crippen molar-refractivity contribution in [2.24, 2.45) is 5.92 Å². The van der Waals surface area contributed by atoms with Gasteiger partial charge in [0, 0.05) is 24.7 Å². The molecule has 0 atom stereocenters. The molecular formula is C22H33ClN2O2. The molecule has 0 bridgehead atoms. The molecule has 150 valence electrons. The van der Waals surface area contributed by atoms with Gasteiger partial charge in [-0.3, -0.25) is 0 Å². The van der Waals surface area contributed by atoms with Crippen LogP contribution >= 0.6 is 11.6 Å². The maximum absolute atomic E-state index is 12.4. The first-order chi connectivity index (χ1) is 13.0. The summed E-state index contributed by atoms with van der Waals surface area (Å²) in [5, 5.41) is 0.633. The Hall–Kier alpha value is -1.52. The third kappa shape index (κ3) is 7.55. The highest BCUT2D eigenvalue weighted by molar-refractivity contribution is 6.30. The zero-order valence-corrected chi connectivity index (χ0v) is 17.5. The molecule has 0 aromatic heterocycles. The third-order valence-corrected chi connectivity index (χ3v) is 5.77. The Morgan fingerprint density at radius 1 is 1.19 bits per heavy atom. The molecular weight excluding hydrogens is 360 g/mol. The SMILES string of the molecule is C=CCN(C)CCCC[C@H]1CC[C@H](N(C)C(=O)Oc2ccc(Cl)cc2)CC1. The van der Waals surface area contributed by atoms with Gasteiger partial charge in [-0.2, -0.15) is 0 Å². The number of unbranched alkanes of at least 4 members (excludes halogenated alkanes) is 1. The minimum Gasteiger partial charge on any atom is -0.410 e. The first-order valence-corrected chi connectivity index (χ1v) is 10.4. The van der Waals surface area contributed by atoms with Crippen molar-refractivity contribution in [1.29, 1.82) is 0 Å². The number of amides is 1. The van der Waals surface area contributed by atoms with Crippen molar-refractivity contribution in [3.63, 3.8) is 0 Å². The van der Waals surface area contributed by atoms with Crippen molar-refractivity contribution >= 4 is 17.7 Å². The van der Waals surface area contributed by atoms with Crippen LogP contribution in [0.1, 0.15) is 44.9 Å². The largest absolute Gasteiger partial charge is 0.415 e. The second-order valence-corrected chi connectivity index (χ2v) is 8.09. The molecule has 0 heterocycles. The zero-order chi connectivity index (χ0) is 19.6. The Bertz CT molecular complexity index is 582. The lowest BCUT2D eigenvalue weighted by molar-refractivity contribution is 0.123. The van der Waals surface area contributed by atoms with Gasteiger partial charge in [-0.1, -0.05) is 30.5 Å². The van der Waals surface area contributed by atoms with Crippen LogP contribution < -0.4 is 4.74 Å². The maximum Gasteiger partial charge on any atom is 0.415 e. The second-order valence-electron chi connectivity index (χ2n) is 7.65. The molecule has 1 fully saturated rings. The van der Waals surface area contributed by atoms with E-state index in [1.807, 2.05) is 13.1 Å². The van der Waals surface area contributed by atoms with Crippen LogP contribution in [0.4, 0.5) is 4.79 Å². The topological polar surface area (TPSA) is 32.8 Å². The van der Waals surface area contributed by atoms with Crippen molar-refractivity contribution in [2.45, 2.75) is 51.0 Å². The number of carbonyl (C=O) groups excluding carboxylic acids is 1. The van der Waals surface area contributed by atoms with E-state index in [1.165, 1.54) is 32.1 Å². The van der Waals surface area contributed by atoms with Gasteiger partial charge in [0.1, 0.15) is 5.75 Å². The molecule has 1 aromatic carbocycles. The Morgan fingerprint density at radius 3 is 2.48 bits per heavy atom. The summed E-state index contributed by atoms with van der Waals surface area (Å²) < 4.78 is 5.45. The van der Waals surface area contributed by atoms with Gasteiger partial charge in [-0.05, 0) is 75.9 Å². The molecule has 0 radical (unpaired) electrons. The highest BCUT2D eigenvalue weighted by atomic mass is 35.5. The van der Waals surface area contributed by atoms with Gasteiger partial charge in [0.15, 0.2) is 0 Å². The van der Waals surface area contributed by atoms with Crippen molar-refractivity contribution in [3.8, 4) is 5.75 Å². The van der Waals surface area contributed by atoms with Crippen LogP contribution in [0.3, 0.4) is 0 Å². The van der Waals surface area contributed by atoms with E-state index in [-0.39, 0.29) is 12.1 Å². The highest BCUT2D eigenvalue weighted by Gasteiger charge is 2.27. The average Bonchev–Trinajstić information content (AvgIpc) is 2.67. The van der Waals surface area contributed by atoms with E-state index in [4.69, 9.17) is 16.3 Å². The molecule has 1 saturated carbocycles. The molecule has 1 amide bonds. The van der Waals surface area contributed by atoms with Crippen molar-refractivity contribution in [3.05, 3.63) is 41.9 Å². The molecule has 1 aliphatic carbocycles. The van der Waals surface area contributed by atoms with Crippen molar-refractivity contribution in [1.82, 2.24) is 9.80 Å². The summed E-state index contributed by atoms with van der Waals surface area (Å²) in [4.78, 5) is 16.4. The van der Waals surface area contributed by atoms with E-state index >= 15 is 0 Å². The molecule has 27 heavy (non-hydrogen) atoms. The van der Waals surface area contributed by atoms with Gasteiger partial charge in [-0.15, -0.1) is 6.58 Å². The Balaban J connectivity index is 1.66. The summed E-state index contributed by atoms with van der Waals surface area (Å²) in [7, 11) is 3.99. The van der Waals surface area contributed by atoms with Crippen LogP contribution in [0.25, 0.3) is 0 Å². The number of hydrogen-bond donors (Lipinski definition) is 0. The van der Waals surface area contributed by atoms with E-state index in [0.717, 1.165) is 31.8 Å². The first kappa shape index (κ1) is 21.8. The van der Waals surface area contributed by atoms with Crippen molar-refractivity contribution in [2.75, 3.05) is 27.2 Å². The molecule has 0 unspecified atom stereocenters. The van der Waals surface area contributed by atoms with Crippen LogP contribution in [0.2, 0.25) is 5.02 Å². The van der Waals surface area contributed by atoms with Gasteiger partial charge >= 0.3 is 6.09 Å². The zero-order valence-electron chi connectivity index (χ0n) is 16.7. The normalized spacial score (nSPS) is 19.7. The minimum absolute atomic E-state index is 0.278. The standard InChI is InChI=1S/C22H33ClN2O2/c1-4-16-24(2)17-6-5-7-18-8-12-20(13-9-18)25(3)22(26)27-21-14-10-19(23)11-15-21/h4,10-11,14-15,18,20H,1,5-9,12-13,16-17H2,2-3H3/t18-,20-. The van der Waals surface area contributed by atoms with E-state index in [2.05, 4.69) is 18.5 Å². The van der Waals surface area contributed by atoms with E-state index in [9.17, 15) is 4.79 Å². The molecule has 4 nitrogen and oxygen atoms in total. The molecule has 1 aliphatic rings. The number of halogens is 1. The summed E-state index contributed by atoms with van der Waals surface area (Å²) >= 11 is 5.86. The van der Waals surface area contributed by atoms with E-state index < -0.39 is 0 Å². The number of hydrogen-bond acceptors (Lipinski definition) is 3. The highest BCUT2D eigenvalue weighted by Crippen LogP contribution is 2.31. The lowest BCUT2D eigenvalue weighted by Crippen LogP contribution is -2.41. The van der Waals surface area contributed by atoms with Gasteiger partial charge < -0.3 is 14.5 Å². The molecule has 0 saturated heterocycles.